The van der Waals surface area contributed by atoms with Crippen LogP contribution in [0.2, 0.25) is 0 Å². The molecule has 3 heterocycles. The van der Waals surface area contributed by atoms with Crippen LogP contribution in [0.15, 0.2) is 18.5 Å². The molecule has 8 heteroatoms. The van der Waals surface area contributed by atoms with E-state index in [0.29, 0.717) is 19.0 Å². The molecule has 1 atom stereocenters. The normalized spacial score (nSPS) is 17.4. The van der Waals surface area contributed by atoms with Crippen LogP contribution in [0.25, 0.3) is 5.82 Å². The molecule has 8 nitrogen and oxygen atoms in total. The Morgan fingerprint density at radius 2 is 2.16 bits per heavy atom. The minimum atomic E-state index is -0.364. The van der Waals surface area contributed by atoms with Gasteiger partial charge in [-0.05, 0) is 39.7 Å². The highest BCUT2D eigenvalue weighted by atomic mass is 16.5. The van der Waals surface area contributed by atoms with E-state index in [4.69, 9.17) is 9.72 Å². The van der Waals surface area contributed by atoms with Crippen molar-refractivity contribution in [3.8, 4) is 5.82 Å². The Balaban J connectivity index is 1.74. The van der Waals surface area contributed by atoms with E-state index in [1.165, 1.54) is 0 Å². The number of nitrogens with zero attached hydrogens (tertiary/aromatic N) is 5. The van der Waals surface area contributed by atoms with E-state index < -0.39 is 0 Å². The largest absolute Gasteiger partial charge is 0.450 e. The first-order valence-corrected chi connectivity index (χ1v) is 8.60. The summed E-state index contributed by atoms with van der Waals surface area (Å²) in [5, 5.41) is 7.37. The molecule has 1 aliphatic rings. The highest BCUT2D eigenvalue weighted by molar-refractivity contribution is 5.67. The Bertz CT molecular complexity index is 744. The SMILES string of the molecule is CCOC(=O)NC1CCCN(c2cncc(-n3nc(C)cc3C)n2)C1. The summed E-state index contributed by atoms with van der Waals surface area (Å²) in [6.45, 7) is 7.70. The lowest BCUT2D eigenvalue weighted by Crippen LogP contribution is -2.48. The number of alkyl carbamates (subject to hydrolysis) is 1. The Morgan fingerprint density at radius 1 is 1.36 bits per heavy atom. The Labute approximate surface area is 147 Å². The van der Waals surface area contributed by atoms with Crippen LogP contribution in [0, 0.1) is 13.8 Å². The molecule has 134 valence electrons. The summed E-state index contributed by atoms with van der Waals surface area (Å²) in [5.74, 6) is 1.49. The molecule has 2 aromatic heterocycles. The van der Waals surface area contributed by atoms with Gasteiger partial charge in [-0.1, -0.05) is 0 Å². The molecule has 1 aliphatic heterocycles. The Kier molecular flexibility index (Phi) is 5.16. The summed E-state index contributed by atoms with van der Waals surface area (Å²) >= 11 is 0. The van der Waals surface area contributed by atoms with Crippen LogP contribution < -0.4 is 10.2 Å². The monoisotopic (exact) mass is 344 g/mol. The fourth-order valence-electron chi connectivity index (χ4n) is 3.10. The Hall–Kier alpha value is -2.64. The zero-order valence-electron chi connectivity index (χ0n) is 14.9. The molecule has 0 spiro atoms. The van der Waals surface area contributed by atoms with Gasteiger partial charge in [0.05, 0.1) is 24.7 Å². The number of rotatable bonds is 4. The van der Waals surface area contributed by atoms with E-state index in [0.717, 1.165) is 36.6 Å². The predicted molar refractivity (Wildman–Crippen MR) is 94.0 cm³/mol. The minimum absolute atomic E-state index is 0.0481. The molecule has 1 fully saturated rings. The molecule has 0 saturated carbocycles. The van der Waals surface area contributed by atoms with E-state index in [1.807, 2.05) is 19.9 Å². The lowest BCUT2D eigenvalue weighted by molar-refractivity contribution is 0.146. The molecular weight excluding hydrogens is 320 g/mol. The maximum absolute atomic E-state index is 11.6. The van der Waals surface area contributed by atoms with Crippen molar-refractivity contribution in [2.24, 2.45) is 0 Å². The molecule has 25 heavy (non-hydrogen) atoms. The second kappa shape index (κ2) is 7.50. The van der Waals surface area contributed by atoms with E-state index in [-0.39, 0.29) is 12.1 Å². The third-order valence-electron chi connectivity index (χ3n) is 4.18. The quantitative estimate of drug-likeness (QED) is 0.913. The van der Waals surface area contributed by atoms with Crippen LogP contribution in [0.1, 0.15) is 31.2 Å². The van der Waals surface area contributed by atoms with Gasteiger partial charge in [-0.3, -0.25) is 4.98 Å². The van der Waals surface area contributed by atoms with Crippen molar-refractivity contribution in [2.45, 2.75) is 39.7 Å². The van der Waals surface area contributed by atoms with Crippen molar-refractivity contribution in [2.75, 3.05) is 24.6 Å². The molecule has 2 aromatic rings. The number of nitrogens with one attached hydrogen (secondary N) is 1. The van der Waals surface area contributed by atoms with Crippen molar-refractivity contribution >= 4 is 11.9 Å². The molecule has 0 radical (unpaired) electrons. The van der Waals surface area contributed by atoms with Gasteiger partial charge in [0.2, 0.25) is 0 Å². The number of carbonyl (C=O) groups is 1. The van der Waals surface area contributed by atoms with E-state index in [9.17, 15) is 4.79 Å². The van der Waals surface area contributed by atoms with Gasteiger partial charge in [0.1, 0.15) is 5.82 Å². The number of hydrogen-bond donors (Lipinski definition) is 1. The number of anilines is 1. The van der Waals surface area contributed by atoms with Crippen molar-refractivity contribution < 1.29 is 9.53 Å². The van der Waals surface area contributed by atoms with Crippen LogP contribution >= 0.6 is 0 Å². The summed E-state index contributed by atoms with van der Waals surface area (Å²) in [6, 6.07) is 2.06. The van der Waals surface area contributed by atoms with Crippen molar-refractivity contribution in [3.05, 3.63) is 29.8 Å². The second-order valence-electron chi connectivity index (χ2n) is 6.22. The molecule has 1 amide bonds. The predicted octanol–water partition coefficient (Wildman–Crippen LogP) is 1.99. The van der Waals surface area contributed by atoms with Gasteiger partial charge in [-0.2, -0.15) is 5.10 Å². The lowest BCUT2D eigenvalue weighted by Gasteiger charge is -2.33. The molecule has 3 rings (SSSR count). The first-order valence-electron chi connectivity index (χ1n) is 8.60. The molecular formula is C17H24N6O2. The zero-order chi connectivity index (χ0) is 17.8. The van der Waals surface area contributed by atoms with Gasteiger partial charge in [0.25, 0.3) is 0 Å². The van der Waals surface area contributed by atoms with Gasteiger partial charge in [-0.15, -0.1) is 0 Å². The van der Waals surface area contributed by atoms with Gasteiger partial charge in [0.15, 0.2) is 5.82 Å². The van der Waals surface area contributed by atoms with E-state index in [1.54, 1.807) is 24.0 Å². The molecule has 1 N–H and O–H groups in total. The topological polar surface area (TPSA) is 85.2 Å². The standard InChI is InChI=1S/C17H24N6O2/c1-4-25-17(24)19-14-6-5-7-22(11-14)15-9-18-10-16(20-15)23-13(3)8-12(2)21-23/h8-10,14H,4-7,11H2,1-3H3,(H,19,24). The van der Waals surface area contributed by atoms with Crippen LogP contribution in [-0.4, -0.2) is 51.6 Å². The van der Waals surface area contributed by atoms with Gasteiger partial charge in [-0.25, -0.2) is 14.5 Å². The number of amides is 1. The van der Waals surface area contributed by atoms with Crippen LogP contribution in [-0.2, 0) is 4.74 Å². The molecule has 1 unspecified atom stereocenters. The average molecular weight is 344 g/mol. The highest BCUT2D eigenvalue weighted by Gasteiger charge is 2.23. The van der Waals surface area contributed by atoms with Crippen LogP contribution in [0.5, 0.6) is 0 Å². The molecule has 0 aliphatic carbocycles. The number of hydrogen-bond acceptors (Lipinski definition) is 6. The van der Waals surface area contributed by atoms with E-state index >= 15 is 0 Å². The van der Waals surface area contributed by atoms with Gasteiger partial charge >= 0.3 is 6.09 Å². The zero-order valence-corrected chi connectivity index (χ0v) is 14.9. The first kappa shape index (κ1) is 17.2. The molecule has 1 saturated heterocycles. The fourth-order valence-corrected chi connectivity index (χ4v) is 3.10. The third kappa shape index (κ3) is 4.07. The Morgan fingerprint density at radius 3 is 2.88 bits per heavy atom. The molecule has 0 aromatic carbocycles. The number of aryl methyl sites for hydroxylation is 2. The van der Waals surface area contributed by atoms with Gasteiger partial charge < -0.3 is 15.0 Å². The van der Waals surface area contributed by atoms with Gasteiger partial charge in [0, 0.05) is 24.8 Å². The number of piperidine rings is 1. The van der Waals surface area contributed by atoms with Crippen molar-refractivity contribution in [1.29, 1.82) is 0 Å². The first-order chi connectivity index (χ1) is 12.1. The summed E-state index contributed by atoms with van der Waals surface area (Å²) < 4.78 is 6.77. The summed E-state index contributed by atoms with van der Waals surface area (Å²) in [4.78, 5) is 22.8. The van der Waals surface area contributed by atoms with Crippen LogP contribution in [0.4, 0.5) is 10.6 Å². The molecule has 0 bridgehead atoms. The minimum Gasteiger partial charge on any atom is -0.450 e. The maximum atomic E-state index is 11.6. The summed E-state index contributed by atoms with van der Waals surface area (Å²) in [5.41, 5.74) is 1.96. The summed E-state index contributed by atoms with van der Waals surface area (Å²) in [6.07, 6.45) is 5.00. The fraction of sp³-hybridized carbons (Fsp3) is 0.529. The second-order valence-corrected chi connectivity index (χ2v) is 6.22. The van der Waals surface area contributed by atoms with Crippen molar-refractivity contribution in [1.82, 2.24) is 25.1 Å². The maximum Gasteiger partial charge on any atom is 0.407 e. The summed E-state index contributed by atoms with van der Waals surface area (Å²) in [7, 11) is 0. The van der Waals surface area contributed by atoms with Crippen LogP contribution in [0.3, 0.4) is 0 Å². The third-order valence-corrected chi connectivity index (χ3v) is 4.18. The smallest absolute Gasteiger partial charge is 0.407 e. The lowest BCUT2D eigenvalue weighted by atomic mass is 10.1. The van der Waals surface area contributed by atoms with E-state index in [2.05, 4.69) is 20.3 Å². The van der Waals surface area contributed by atoms with Crippen molar-refractivity contribution in [3.63, 3.8) is 0 Å². The number of carbonyl (C=O) groups excluding carboxylic acids is 1. The number of ether oxygens (including phenoxy) is 1. The highest BCUT2D eigenvalue weighted by Crippen LogP contribution is 2.19. The number of aromatic nitrogens is 4. The average Bonchev–Trinajstić information content (AvgIpc) is 2.94.